The first kappa shape index (κ1) is 16.5. The summed E-state index contributed by atoms with van der Waals surface area (Å²) in [6.07, 6.45) is 0.839. The van der Waals surface area contributed by atoms with Crippen molar-refractivity contribution >= 4 is 28.6 Å². The van der Waals surface area contributed by atoms with Gasteiger partial charge in [-0.2, -0.15) is 0 Å². The molecule has 0 bridgehead atoms. The molecule has 6 heteroatoms. The molecule has 0 aliphatic rings. The molecule has 0 aliphatic carbocycles. The Bertz CT molecular complexity index is 725. The van der Waals surface area contributed by atoms with Gasteiger partial charge in [-0.15, -0.1) is 0 Å². The second-order valence-electron chi connectivity index (χ2n) is 5.38. The van der Waals surface area contributed by atoms with Gasteiger partial charge in [0.05, 0.1) is 16.7 Å². The number of nitrogens with one attached hydrogen (secondary N) is 1. The van der Waals surface area contributed by atoms with Gasteiger partial charge in [-0.25, -0.2) is 4.98 Å². The highest BCUT2D eigenvalue weighted by Crippen LogP contribution is 2.17. The Labute approximate surface area is 134 Å². The molecule has 0 fully saturated rings. The van der Waals surface area contributed by atoms with Crippen LogP contribution >= 0.6 is 11.8 Å². The van der Waals surface area contributed by atoms with E-state index in [1.807, 2.05) is 39.0 Å². The van der Waals surface area contributed by atoms with Crippen LogP contribution in [0, 0.1) is 0 Å². The molecular weight excluding hydrogens is 298 g/mol. The van der Waals surface area contributed by atoms with Gasteiger partial charge < -0.3 is 5.32 Å². The first-order valence-corrected chi connectivity index (χ1v) is 8.43. The van der Waals surface area contributed by atoms with Gasteiger partial charge in [0.1, 0.15) is 0 Å². The molecule has 2 rings (SSSR count). The van der Waals surface area contributed by atoms with E-state index in [4.69, 9.17) is 0 Å². The monoisotopic (exact) mass is 319 g/mol. The summed E-state index contributed by atoms with van der Waals surface area (Å²) in [6.45, 7) is 6.46. The Hall–Kier alpha value is -1.82. The van der Waals surface area contributed by atoms with Crippen LogP contribution in [-0.2, 0) is 11.3 Å². The minimum absolute atomic E-state index is 0.0424. The molecule has 1 N–H and O–H groups in total. The number of amides is 1. The zero-order chi connectivity index (χ0) is 16.1. The number of nitrogens with zero attached hydrogens (tertiary/aromatic N) is 2. The van der Waals surface area contributed by atoms with Gasteiger partial charge in [0.25, 0.3) is 5.56 Å². The fourth-order valence-corrected chi connectivity index (χ4v) is 3.01. The van der Waals surface area contributed by atoms with E-state index >= 15 is 0 Å². The number of para-hydroxylation sites is 1. The number of carbonyl (C=O) groups is 1. The van der Waals surface area contributed by atoms with Crippen LogP contribution in [0.15, 0.2) is 34.2 Å². The maximum Gasteiger partial charge on any atom is 0.262 e. The molecule has 0 radical (unpaired) electrons. The second kappa shape index (κ2) is 7.45. The lowest BCUT2D eigenvalue weighted by Gasteiger charge is -2.13. The van der Waals surface area contributed by atoms with Crippen molar-refractivity contribution in [2.75, 3.05) is 5.75 Å². The highest BCUT2D eigenvalue weighted by molar-refractivity contribution is 7.99. The van der Waals surface area contributed by atoms with E-state index in [0.29, 0.717) is 22.6 Å². The number of benzene rings is 1. The average Bonchev–Trinajstić information content (AvgIpc) is 2.48. The summed E-state index contributed by atoms with van der Waals surface area (Å²) in [7, 11) is 0. The lowest BCUT2D eigenvalue weighted by molar-refractivity contribution is -0.119. The summed E-state index contributed by atoms with van der Waals surface area (Å²) in [4.78, 5) is 28.9. The van der Waals surface area contributed by atoms with Gasteiger partial charge in [0, 0.05) is 12.6 Å². The smallest absolute Gasteiger partial charge is 0.262 e. The van der Waals surface area contributed by atoms with E-state index in [9.17, 15) is 9.59 Å². The third-order valence-corrected chi connectivity index (χ3v) is 4.03. The molecule has 0 spiro atoms. The molecule has 1 aromatic heterocycles. The lowest BCUT2D eigenvalue weighted by atomic mass is 10.2. The van der Waals surface area contributed by atoms with Crippen molar-refractivity contribution in [1.82, 2.24) is 14.9 Å². The van der Waals surface area contributed by atoms with E-state index < -0.39 is 0 Å². The number of hydrogen-bond acceptors (Lipinski definition) is 4. The number of carbonyl (C=O) groups excluding carboxylic acids is 1. The number of thioether (sulfide) groups is 1. The van der Waals surface area contributed by atoms with E-state index in [0.717, 1.165) is 6.42 Å². The average molecular weight is 319 g/mol. The highest BCUT2D eigenvalue weighted by Gasteiger charge is 2.12. The summed E-state index contributed by atoms with van der Waals surface area (Å²) in [6, 6.07) is 7.42. The number of fused-ring (bicyclic) bond motifs is 1. The fraction of sp³-hybridized carbons (Fsp3) is 0.438. The third kappa shape index (κ3) is 3.88. The molecule has 0 aliphatic heterocycles. The van der Waals surface area contributed by atoms with E-state index in [1.54, 1.807) is 10.6 Å². The van der Waals surface area contributed by atoms with Crippen molar-refractivity contribution in [1.29, 1.82) is 0 Å². The maximum absolute atomic E-state index is 12.6. The maximum atomic E-state index is 12.6. The van der Waals surface area contributed by atoms with E-state index in [1.165, 1.54) is 11.8 Å². The molecule has 5 nitrogen and oxygen atoms in total. The molecule has 22 heavy (non-hydrogen) atoms. The summed E-state index contributed by atoms with van der Waals surface area (Å²) >= 11 is 1.31. The summed E-state index contributed by atoms with van der Waals surface area (Å²) in [5.41, 5.74) is 0.630. The van der Waals surface area contributed by atoms with Crippen molar-refractivity contribution in [2.45, 2.75) is 44.9 Å². The fourth-order valence-electron chi connectivity index (χ4n) is 2.17. The molecule has 1 amide bonds. The third-order valence-electron chi connectivity index (χ3n) is 3.06. The molecule has 2 aromatic rings. The van der Waals surface area contributed by atoms with Gasteiger partial charge in [-0.1, -0.05) is 30.8 Å². The van der Waals surface area contributed by atoms with Crippen molar-refractivity contribution in [3.05, 3.63) is 34.6 Å². The molecule has 0 unspecified atom stereocenters. The van der Waals surface area contributed by atoms with Crippen molar-refractivity contribution in [3.8, 4) is 0 Å². The predicted octanol–water partition coefficient (Wildman–Crippen LogP) is 2.42. The van der Waals surface area contributed by atoms with Gasteiger partial charge >= 0.3 is 0 Å². The number of rotatable bonds is 6. The molecule has 0 saturated heterocycles. The Kier molecular flexibility index (Phi) is 5.60. The summed E-state index contributed by atoms with van der Waals surface area (Å²) in [5.74, 6) is 0.206. The van der Waals surface area contributed by atoms with Crippen molar-refractivity contribution in [3.63, 3.8) is 0 Å². The van der Waals surface area contributed by atoms with Crippen LogP contribution < -0.4 is 10.9 Å². The van der Waals surface area contributed by atoms with Gasteiger partial charge in [0.15, 0.2) is 5.16 Å². The normalized spacial score (nSPS) is 11.1. The minimum Gasteiger partial charge on any atom is -0.353 e. The van der Waals surface area contributed by atoms with E-state index in [2.05, 4.69) is 10.3 Å². The molecule has 118 valence electrons. The van der Waals surface area contributed by atoms with E-state index in [-0.39, 0.29) is 23.3 Å². The Morgan fingerprint density at radius 1 is 1.36 bits per heavy atom. The molecule has 0 saturated carbocycles. The topological polar surface area (TPSA) is 64.0 Å². The zero-order valence-electron chi connectivity index (χ0n) is 13.1. The zero-order valence-corrected chi connectivity index (χ0v) is 13.9. The van der Waals surface area contributed by atoms with Gasteiger partial charge in [-0.3, -0.25) is 14.2 Å². The standard InChI is InChI=1S/C16H21N3O2S/c1-4-9-19-15(21)12-7-5-6-8-13(12)18-16(19)22-10-14(20)17-11(2)3/h5-8,11H,4,9-10H2,1-3H3,(H,17,20). The molecule has 1 aromatic carbocycles. The second-order valence-corrected chi connectivity index (χ2v) is 6.32. The Balaban J connectivity index is 2.33. The lowest BCUT2D eigenvalue weighted by Crippen LogP contribution is -2.32. The van der Waals surface area contributed by atoms with Crippen LogP contribution in [0.1, 0.15) is 27.2 Å². The number of hydrogen-bond donors (Lipinski definition) is 1. The van der Waals surface area contributed by atoms with Crippen LogP contribution in [0.25, 0.3) is 10.9 Å². The predicted molar refractivity (Wildman–Crippen MR) is 90.3 cm³/mol. The molecule has 1 heterocycles. The van der Waals surface area contributed by atoms with Crippen molar-refractivity contribution < 1.29 is 4.79 Å². The van der Waals surface area contributed by atoms with Crippen LogP contribution in [0.5, 0.6) is 0 Å². The SMILES string of the molecule is CCCn1c(SCC(=O)NC(C)C)nc2ccccc2c1=O. The summed E-state index contributed by atoms with van der Waals surface area (Å²) in [5, 5.41) is 4.06. The Morgan fingerprint density at radius 2 is 2.09 bits per heavy atom. The minimum atomic E-state index is -0.0505. The largest absolute Gasteiger partial charge is 0.353 e. The first-order chi connectivity index (χ1) is 10.5. The van der Waals surface area contributed by atoms with Crippen LogP contribution in [-0.4, -0.2) is 27.3 Å². The van der Waals surface area contributed by atoms with Crippen molar-refractivity contribution in [2.24, 2.45) is 0 Å². The van der Waals surface area contributed by atoms with Gasteiger partial charge in [0.2, 0.25) is 5.91 Å². The highest BCUT2D eigenvalue weighted by atomic mass is 32.2. The molecular formula is C16H21N3O2S. The Morgan fingerprint density at radius 3 is 2.77 bits per heavy atom. The quantitative estimate of drug-likeness (QED) is 0.656. The van der Waals surface area contributed by atoms with Crippen LogP contribution in [0.3, 0.4) is 0 Å². The number of aromatic nitrogens is 2. The first-order valence-electron chi connectivity index (χ1n) is 7.44. The summed E-state index contributed by atoms with van der Waals surface area (Å²) < 4.78 is 1.66. The molecule has 0 atom stereocenters. The van der Waals surface area contributed by atoms with Gasteiger partial charge in [-0.05, 0) is 32.4 Å². The van der Waals surface area contributed by atoms with Crippen LogP contribution in [0.4, 0.5) is 0 Å². The van der Waals surface area contributed by atoms with Crippen LogP contribution in [0.2, 0.25) is 0 Å².